The van der Waals surface area contributed by atoms with Gasteiger partial charge in [0.25, 0.3) is 0 Å². The van der Waals surface area contributed by atoms with Gasteiger partial charge in [0.1, 0.15) is 5.82 Å². The van der Waals surface area contributed by atoms with Gasteiger partial charge in [-0.15, -0.1) is 10.2 Å². The summed E-state index contributed by atoms with van der Waals surface area (Å²) in [7, 11) is 0. The number of nitrogens with zero attached hydrogens (tertiary/aromatic N) is 4. The van der Waals surface area contributed by atoms with E-state index in [0.717, 1.165) is 5.56 Å². The van der Waals surface area contributed by atoms with Crippen molar-refractivity contribution < 1.29 is 9.90 Å². The third-order valence-corrected chi connectivity index (χ3v) is 3.43. The molecule has 2 heterocycles. The lowest BCUT2D eigenvalue weighted by molar-refractivity contribution is -0.144. The number of aromatic nitrogens is 5. The second kappa shape index (κ2) is 6.29. The average Bonchev–Trinajstić information content (AvgIpc) is 2.93. The molecule has 0 aromatic carbocycles. The molecule has 2 aromatic heterocycles. The van der Waals surface area contributed by atoms with E-state index in [1.54, 1.807) is 12.3 Å². The van der Waals surface area contributed by atoms with Crippen molar-refractivity contribution in [2.24, 2.45) is 11.8 Å². The van der Waals surface area contributed by atoms with Gasteiger partial charge in [0.05, 0.1) is 5.92 Å². The summed E-state index contributed by atoms with van der Waals surface area (Å²) in [5, 5.41) is 23.3. The van der Waals surface area contributed by atoms with Crippen LogP contribution in [0.1, 0.15) is 31.2 Å². The van der Waals surface area contributed by atoms with E-state index in [-0.39, 0.29) is 11.8 Å². The maximum atomic E-state index is 11.6. The Morgan fingerprint density at radius 3 is 2.67 bits per heavy atom. The van der Waals surface area contributed by atoms with Crippen LogP contribution in [0.2, 0.25) is 0 Å². The predicted octanol–water partition coefficient (Wildman–Crippen LogP) is 0.860. The highest BCUT2D eigenvalue weighted by molar-refractivity contribution is 5.71. The van der Waals surface area contributed by atoms with Gasteiger partial charge in [-0.3, -0.25) is 4.79 Å². The molecule has 2 rings (SSSR count). The zero-order chi connectivity index (χ0) is 15.4. The number of nitrogens with one attached hydrogen (secondary N) is 1. The fourth-order valence-corrected chi connectivity index (χ4v) is 2.44. The topological polar surface area (TPSA) is 131 Å². The first kappa shape index (κ1) is 14.9. The van der Waals surface area contributed by atoms with Gasteiger partial charge in [-0.05, 0) is 24.0 Å². The molecule has 0 saturated carbocycles. The Kier molecular flexibility index (Phi) is 4.46. The summed E-state index contributed by atoms with van der Waals surface area (Å²) in [6.07, 6.45) is 2.10. The molecule has 21 heavy (non-hydrogen) atoms. The highest BCUT2D eigenvalue weighted by Crippen LogP contribution is 2.31. The highest BCUT2D eigenvalue weighted by Gasteiger charge is 2.34. The first-order chi connectivity index (χ1) is 9.99. The number of pyridine rings is 1. The Morgan fingerprint density at radius 1 is 1.43 bits per heavy atom. The number of nitrogen functional groups attached to an aromatic ring is 1. The summed E-state index contributed by atoms with van der Waals surface area (Å²) < 4.78 is 0. The molecule has 0 aliphatic heterocycles. The first-order valence-electron chi connectivity index (χ1n) is 6.65. The molecule has 8 nitrogen and oxygen atoms in total. The molecule has 0 radical (unpaired) electrons. The lowest BCUT2D eigenvalue weighted by atomic mass is 9.79. The van der Waals surface area contributed by atoms with Crippen LogP contribution in [-0.2, 0) is 11.2 Å². The SMILES string of the molecule is CC(C)C(C(=O)O)[C@H](Cc1ccc(N)nc1)c1nn[nH]n1. The molecule has 4 N–H and O–H groups in total. The van der Waals surface area contributed by atoms with E-state index >= 15 is 0 Å². The molecule has 2 atom stereocenters. The third-order valence-electron chi connectivity index (χ3n) is 3.43. The van der Waals surface area contributed by atoms with E-state index < -0.39 is 11.9 Å². The van der Waals surface area contributed by atoms with Gasteiger partial charge in [-0.2, -0.15) is 5.21 Å². The number of nitrogens with two attached hydrogens (primary N) is 1. The van der Waals surface area contributed by atoms with E-state index in [2.05, 4.69) is 25.6 Å². The minimum Gasteiger partial charge on any atom is -0.481 e. The number of anilines is 1. The lowest BCUT2D eigenvalue weighted by Crippen LogP contribution is -2.29. The number of H-pyrrole nitrogens is 1. The Morgan fingerprint density at radius 2 is 2.19 bits per heavy atom. The molecular formula is C13H18N6O2. The number of aliphatic carboxylic acids is 1. The second-order valence-electron chi connectivity index (χ2n) is 5.28. The van der Waals surface area contributed by atoms with E-state index in [1.165, 1.54) is 0 Å². The Bertz CT molecular complexity index is 581. The van der Waals surface area contributed by atoms with Gasteiger partial charge in [-0.25, -0.2) is 4.98 Å². The first-order valence-corrected chi connectivity index (χ1v) is 6.65. The lowest BCUT2D eigenvalue weighted by Gasteiger charge is -2.24. The Balaban J connectivity index is 2.32. The van der Waals surface area contributed by atoms with E-state index in [1.807, 2.05) is 19.9 Å². The zero-order valence-corrected chi connectivity index (χ0v) is 11.9. The van der Waals surface area contributed by atoms with E-state index in [0.29, 0.717) is 18.1 Å². The highest BCUT2D eigenvalue weighted by atomic mass is 16.4. The molecule has 0 aliphatic carbocycles. The monoisotopic (exact) mass is 290 g/mol. The number of hydrogen-bond donors (Lipinski definition) is 3. The summed E-state index contributed by atoms with van der Waals surface area (Å²) in [5.41, 5.74) is 6.44. The summed E-state index contributed by atoms with van der Waals surface area (Å²) in [6, 6.07) is 3.52. The van der Waals surface area contributed by atoms with Crippen LogP contribution < -0.4 is 5.73 Å². The van der Waals surface area contributed by atoms with Crippen LogP contribution in [0, 0.1) is 11.8 Å². The summed E-state index contributed by atoms with van der Waals surface area (Å²) in [5.74, 6) is -1.11. The van der Waals surface area contributed by atoms with Crippen molar-refractivity contribution in [3.05, 3.63) is 29.7 Å². The van der Waals surface area contributed by atoms with Gasteiger partial charge in [-0.1, -0.05) is 25.1 Å². The molecule has 2 aromatic rings. The average molecular weight is 290 g/mol. The van der Waals surface area contributed by atoms with Crippen LogP contribution >= 0.6 is 0 Å². The van der Waals surface area contributed by atoms with E-state index in [4.69, 9.17) is 5.73 Å². The fraction of sp³-hybridized carbons (Fsp3) is 0.462. The number of carboxylic acids is 1. The summed E-state index contributed by atoms with van der Waals surface area (Å²) in [6.45, 7) is 3.74. The normalized spacial score (nSPS) is 14.0. The number of rotatable bonds is 6. The van der Waals surface area contributed by atoms with Crippen molar-refractivity contribution in [2.45, 2.75) is 26.2 Å². The third kappa shape index (κ3) is 3.53. The molecule has 0 fully saturated rings. The molecule has 8 heteroatoms. The van der Waals surface area contributed by atoms with Crippen molar-refractivity contribution in [3.63, 3.8) is 0 Å². The predicted molar refractivity (Wildman–Crippen MR) is 75.2 cm³/mol. The number of carboxylic acid groups (broad SMARTS) is 1. The maximum Gasteiger partial charge on any atom is 0.307 e. The van der Waals surface area contributed by atoms with Crippen LogP contribution in [0.15, 0.2) is 18.3 Å². The Labute approximate surface area is 121 Å². The van der Waals surface area contributed by atoms with Crippen molar-refractivity contribution >= 4 is 11.8 Å². The van der Waals surface area contributed by atoms with Gasteiger partial charge in [0.2, 0.25) is 0 Å². The standard InChI is InChI=1S/C13H18N6O2/c1-7(2)11(13(20)21)9(12-16-18-19-17-12)5-8-3-4-10(14)15-6-8/h3-4,6-7,9,11H,5H2,1-2H3,(H2,14,15)(H,20,21)(H,16,17,18,19)/t9-,11?/m0/s1. The van der Waals surface area contributed by atoms with Crippen LogP contribution in [0.25, 0.3) is 0 Å². The maximum absolute atomic E-state index is 11.6. The van der Waals surface area contributed by atoms with E-state index in [9.17, 15) is 9.90 Å². The Hall–Kier alpha value is -2.51. The fourth-order valence-electron chi connectivity index (χ4n) is 2.44. The minimum absolute atomic E-state index is 0.0623. The molecule has 0 saturated heterocycles. The van der Waals surface area contributed by atoms with Crippen molar-refractivity contribution in [3.8, 4) is 0 Å². The summed E-state index contributed by atoms with van der Waals surface area (Å²) in [4.78, 5) is 15.6. The van der Waals surface area contributed by atoms with Gasteiger partial charge in [0, 0.05) is 12.1 Å². The van der Waals surface area contributed by atoms with Crippen molar-refractivity contribution in [1.82, 2.24) is 25.6 Å². The molecule has 1 unspecified atom stereocenters. The molecule has 0 amide bonds. The zero-order valence-electron chi connectivity index (χ0n) is 11.9. The van der Waals surface area contributed by atoms with Crippen LogP contribution in [0.4, 0.5) is 5.82 Å². The number of hydrogen-bond acceptors (Lipinski definition) is 6. The smallest absolute Gasteiger partial charge is 0.307 e. The van der Waals surface area contributed by atoms with Gasteiger partial charge < -0.3 is 10.8 Å². The molecular weight excluding hydrogens is 272 g/mol. The molecule has 0 bridgehead atoms. The summed E-state index contributed by atoms with van der Waals surface area (Å²) >= 11 is 0. The number of tetrazole rings is 1. The minimum atomic E-state index is -0.872. The van der Waals surface area contributed by atoms with Crippen LogP contribution in [0.3, 0.4) is 0 Å². The number of aromatic amines is 1. The van der Waals surface area contributed by atoms with Crippen LogP contribution in [0.5, 0.6) is 0 Å². The molecule has 0 spiro atoms. The largest absolute Gasteiger partial charge is 0.481 e. The number of carbonyl (C=O) groups is 1. The molecule has 112 valence electrons. The van der Waals surface area contributed by atoms with Gasteiger partial charge in [0.15, 0.2) is 5.82 Å². The molecule has 0 aliphatic rings. The quantitative estimate of drug-likeness (QED) is 0.719. The van der Waals surface area contributed by atoms with Gasteiger partial charge >= 0.3 is 5.97 Å². The van der Waals surface area contributed by atoms with Crippen LogP contribution in [-0.4, -0.2) is 36.7 Å². The van der Waals surface area contributed by atoms with Crippen molar-refractivity contribution in [2.75, 3.05) is 5.73 Å². The second-order valence-corrected chi connectivity index (χ2v) is 5.28. The van der Waals surface area contributed by atoms with Crippen molar-refractivity contribution in [1.29, 1.82) is 0 Å².